The first kappa shape index (κ1) is 40.3. The van der Waals surface area contributed by atoms with Crippen molar-refractivity contribution in [1.82, 2.24) is 20.1 Å². The summed E-state index contributed by atoms with van der Waals surface area (Å²) in [5, 5.41) is 6.33. The number of likely N-dealkylation sites (N-methyl/N-ethyl adjacent to an activating group) is 1. The molecule has 288 valence electrons. The standard InChI is InChI=1S/C41H47N9O3.C2H6/c1-26(2)21-34-39(52)49(6)36-22-30(15-18-33(36)37(47-34)29-11-8-7-9-12-29)38(51)45-31-16-13-27(3)35(23-31)50-20-10-19-42-40(44-25-48(5)41(50)53)46-32-17-14-28(4)43-24-32;1-2/h7-9,11-15,17-19,22-24,26,31,34H,10,16,20-21,25H2,1-6H3,(H,44,46)(H,45,51);1-2H3/t31?,34-;/m0./s1. The number of rotatable bonds is 7. The molecule has 3 aliphatic rings. The Kier molecular flexibility index (Phi) is 13.5. The van der Waals surface area contributed by atoms with Crippen LogP contribution in [0.1, 0.15) is 81.1 Å². The van der Waals surface area contributed by atoms with Crippen LogP contribution in [0, 0.1) is 12.8 Å². The average Bonchev–Trinajstić information content (AvgIpc) is 3.29. The van der Waals surface area contributed by atoms with Crippen molar-refractivity contribution in [2.45, 2.75) is 72.9 Å². The number of hydrogen-bond acceptors (Lipinski definition) is 8. The zero-order chi connectivity index (χ0) is 39.6. The predicted molar refractivity (Wildman–Crippen MR) is 222 cm³/mol. The summed E-state index contributed by atoms with van der Waals surface area (Å²) in [4.78, 5) is 64.6. The average molecular weight is 744 g/mol. The molecule has 0 spiro atoms. The lowest BCUT2D eigenvalue weighted by Crippen LogP contribution is -2.44. The maximum atomic E-state index is 13.9. The molecule has 6 rings (SSSR count). The van der Waals surface area contributed by atoms with Crippen molar-refractivity contribution in [3.63, 3.8) is 0 Å². The van der Waals surface area contributed by atoms with Gasteiger partial charge in [-0.2, -0.15) is 0 Å². The van der Waals surface area contributed by atoms with Gasteiger partial charge in [0.1, 0.15) is 12.7 Å². The number of aliphatic imine (C=N–C) groups is 3. The molecule has 3 heterocycles. The maximum absolute atomic E-state index is 13.9. The number of guanidine groups is 1. The van der Waals surface area contributed by atoms with Crippen LogP contribution in [0.15, 0.2) is 105 Å². The van der Waals surface area contributed by atoms with E-state index in [0.29, 0.717) is 43.0 Å². The summed E-state index contributed by atoms with van der Waals surface area (Å²) in [6, 6.07) is 18.0. The van der Waals surface area contributed by atoms with E-state index in [1.165, 1.54) is 0 Å². The van der Waals surface area contributed by atoms with Gasteiger partial charge >= 0.3 is 6.03 Å². The molecule has 4 amide bonds. The van der Waals surface area contributed by atoms with Gasteiger partial charge in [0.25, 0.3) is 11.8 Å². The summed E-state index contributed by atoms with van der Waals surface area (Å²) in [5.74, 6) is 0.282. The van der Waals surface area contributed by atoms with Gasteiger partial charge < -0.3 is 20.4 Å². The highest BCUT2D eigenvalue weighted by Crippen LogP contribution is 2.31. The Bertz CT molecular complexity index is 2020. The summed E-state index contributed by atoms with van der Waals surface area (Å²) in [6.07, 6.45) is 9.12. The van der Waals surface area contributed by atoms with Gasteiger partial charge in [-0.3, -0.25) is 24.5 Å². The van der Waals surface area contributed by atoms with Gasteiger partial charge in [0, 0.05) is 61.4 Å². The normalized spacial score (nSPS) is 18.9. The number of benzene rings is 2. The van der Waals surface area contributed by atoms with E-state index in [1.807, 2.05) is 88.4 Å². The number of aromatic nitrogens is 1. The molecule has 0 bridgehead atoms. The minimum absolute atomic E-state index is 0.0920. The maximum Gasteiger partial charge on any atom is 0.325 e. The number of benzodiazepines with no additional fused rings is 1. The number of carbonyl (C=O) groups is 3. The molecule has 3 aromatic rings. The summed E-state index contributed by atoms with van der Waals surface area (Å²) >= 11 is 0. The first-order valence-corrected chi connectivity index (χ1v) is 19.0. The van der Waals surface area contributed by atoms with Crippen molar-refractivity contribution < 1.29 is 14.4 Å². The number of hydrogen-bond donors (Lipinski definition) is 2. The van der Waals surface area contributed by atoms with Crippen LogP contribution in [0.3, 0.4) is 0 Å². The number of anilines is 2. The number of urea groups is 1. The van der Waals surface area contributed by atoms with E-state index >= 15 is 0 Å². The van der Waals surface area contributed by atoms with E-state index < -0.39 is 6.04 Å². The van der Waals surface area contributed by atoms with Crippen LogP contribution in [-0.2, 0) is 4.79 Å². The molecule has 55 heavy (non-hydrogen) atoms. The molecule has 2 aliphatic heterocycles. The van der Waals surface area contributed by atoms with E-state index in [9.17, 15) is 14.4 Å². The summed E-state index contributed by atoms with van der Waals surface area (Å²) in [5.41, 5.74) is 6.83. The second kappa shape index (κ2) is 18.4. The van der Waals surface area contributed by atoms with Crippen molar-refractivity contribution in [2.75, 3.05) is 37.5 Å². The Morgan fingerprint density at radius 3 is 2.47 bits per heavy atom. The first-order chi connectivity index (χ1) is 26.5. The first-order valence-electron chi connectivity index (χ1n) is 19.0. The monoisotopic (exact) mass is 743 g/mol. The number of fused-ring (bicyclic) bond motifs is 1. The number of aryl methyl sites for hydroxylation is 1. The molecule has 0 saturated heterocycles. The minimum Gasteiger partial charge on any atom is -0.345 e. The van der Waals surface area contributed by atoms with E-state index in [2.05, 4.69) is 39.4 Å². The second-order valence-electron chi connectivity index (χ2n) is 14.0. The summed E-state index contributed by atoms with van der Waals surface area (Å²) in [7, 11) is 3.45. The SMILES string of the molecule is CC.CC1=CCC(NC(=O)c2ccc3c(c2)N(C)C(=O)[C@H](CC(C)C)N=C3c2ccccc2)C=C1N1CCC=NC(Nc2ccc(C)nc2)=NCN(C)C1=O. The van der Waals surface area contributed by atoms with Crippen molar-refractivity contribution in [2.24, 2.45) is 20.9 Å². The Labute approximate surface area is 324 Å². The van der Waals surface area contributed by atoms with Crippen LogP contribution >= 0.6 is 0 Å². The fourth-order valence-electron chi connectivity index (χ4n) is 6.53. The Balaban J connectivity index is 0.00000285. The van der Waals surface area contributed by atoms with Crippen LogP contribution in [0.2, 0.25) is 0 Å². The van der Waals surface area contributed by atoms with Gasteiger partial charge in [-0.05, 0) is 74.6 Å². The molecule has 1 aliphatic carbocycles. The summed E-state index contributed by atoms with van der Waals surface area (Å²) in [6.45, 7) is 12.5. The second-order valence-corrected chi connectivity index (χ2v) is 14.0. The van der Waals surface area contributed by atoms with Crippen molar-refractivity contribution in [1.29, 1.82) is 0 Å². The molecule has 0 radical (unpaired) electrons. The van der Waals surface area contributed by atoms with Crippen molar-refractivity contribution in [3.05, 3.63) is 113 Å². The smallest absolute Gasteiger partial charge is 0.325 e. The van der Waals surface area contributed by atoms with Gasteiger partial charge in [0.05, 0.1) is 29.3 Å². The van der Waals surface area contributed by atoms with Crippen molar-refractivity contribution >= 4 is 47.1 Å². The van der Waals surface area contributed by atoms with Gasteiger partial charge in [0.15, 0.2) is 0 Å². The lowest BCUT2D eigenvalue weighted by Gasteiger charge is -2.33. The van der Waals surface area contributed by atoms with Gasteiger partial charge in [-0.1, -0.05) is 64.1 Å². The molecule has 2 atom stereocenters. The Hall–Kier alpha value is -5.91. The fourth-order valence-corrected chi connectivity index (χ4v) is 6.53. The van der Waals surface area contributed by atoms with E-state index in [-0.39, 0.29) is 36.5 Å². The zero-order valence-electron chi connectivity index (χ0n) is 33.2. The number of pyridine rings is 1. The third-order valence-corrected chi connectivity index (χ3v) is 9.42. The molecule has 12 nitrogen and oxygen atoms in total. The number of nitrogens with zero attached hydrogens (tertiary/aromatic N) is 7. The molecular formula is C43H53N9O3. The van der Waals surface area contributed by atoms with Crippen LogP contribution < -0.4 is 15.5 Å². The van der Waals surface area contributed by atoms with E-state index in [4.69, 9.17) is 4.99 Å². The molecular weight excluding hydrogens is 691 g/mol. The van der Waals surface area contributed by atoms with Crippen LogP contribution in [-0.4, -0.2) is 89.9 Å². The minimum atomic E-state index is -0.535. The number of allylic oxidation sites excluding steroid dienone is 1. The van der Waals surface area contributed by atoms with Crippen LogP contribution in [0.5, 0.6) is 0 Å². The lowest BCUT2D eigenvalue weighted by atomic mass is 9.97. The van der Waals surface area contributed by atoms with Crippen LogP contribution in [0.25, 0.3) is 0 Å². The lowest BCUT2D eigenvalue weighted by molar-refractivity contribution is -0.119. The highest BCUT2D eigenvalue weighted by atomic mass is 16.2. The highest BCUT2D eigenvalue weighted by molar-refractivity contribution is 6.20. The van der Waals surface area contributed by atoms with Gasteiger partial charge in [-0.15, -0.1) is 0 Å². The molecule has 0 saturated carbocycles. The molecule has 2 aromatic carbocycles. The Morgan fingerprint density at radius 1 is 1.00 bits per heavy atom. The van der Waals surface area contributed by atoms with Crippen molar-refractivity contribution in [3.8, 4) is 0 Å². The topological polar surface area (TPSA) is 135 Å². The van der Waals surface area contributed by atoms with E-state index in [1.54, 1.807) is 53.3 Å². The third-order valence-electron chi connectivity index (χ3n) is 9.42. The number of nitrogens with one attached hydrogen (secondary N) is 2. The Morgan fingerprint density at radius 2 is 1.76 bits per heavy atom. The van der Waals surface area contributed by atoms with E-state index in [0.717, 1.165) is 39.5 Å². The zero-order valence-corrected chi connectivity index (χ0v) is 33.2. The third kappa shape index (κ3) is 9.80. The number of carbonyl (C=O) groups excluding carboxylic acids is 3. The summed E-state index contributed by atoms with van der Waals surface area (Å²) < 4.78 is 0. The van der Waals surface area contributed by atoms with Gasteiger partial charge in [0.2, 0.25) is 5.96 Å². The molecule has 12 heteroatoms. The number of amides is 4. The fraction of sp³-hybridized carbons (Fsp3) is 0.372. The predicted octanol–water partition coefficient (Wildman–Crippen LogP) is 7.23. The molecule has 1 aromatic heterocycles. The highest BCUT2D eigenvalue weighted by Gasteiger charge is 2.32. The molecule has 0 fully saturated rings. The van der Waals surface area contributed by atoms with Crippen LogP contribution in [0.4, 0.5) is 16.2 Å². The van der Waals surface area contributed by atoms with Gasteiger partial charge in [-0.25, -0.2) is 14.8 Å². The quantitative estimate of drug-likeness (QED) is 0.263. The molecule has 1 unspecified atom stereocenters. The molecule has 2 N–H and O–H groups in total. The largest absolute Gasteiger partial charge is 0.345 e.